The second-order valence-corrected chi connectivity index (χ2v) is 7.02. The van der Waals surface area contributed by atoms with Gasteiger partial charge in [0.1, 0.15) is 12.4 Å². The number of nitrogens with one attached hydrogen (secondary N) is 1. The lowest BCUT2D eigenvalue weighted by molar-refractivity contribution is -0.143. The maximum Gasteiger partial charge on any atom is 0.318 e. The number of carboxylic acids is 1. The van der Waals surface area contributed by atoms with Crippen LogP contribution in [-0.2, 0) is 4.79 Å². The van der Waals surface area contributed by atoms with Crippen LogP contribution < -0.4 is 10.1 Å². The Labute approximate surface area is 141 Å². The van der Waals surface area contributed by atoms with Crippen LogP contribution in [0.5, 0.6) is 5.75 Å². The average molecular weight is 332 g/mol. The molecule has 0 radical (unpaired) electrons. The van der Waals surface area contributed by atoms with E-state index in [9.17, 15) is 14.7 Å². The topological polar surface area (TPSA) is 78.9 Å². The molecule has 2 aliphatic rings. The third kappa shape index (κ3) is 3.05. The molecule has 0 spiro atoms. The van der Waals surface area contributed by atoms with Gasteiger partial charge in [-0.15, -0.1) is 0 Å². The van der Waals surface area contributed by atoms with Crippen LogP contribution in [0, 0.1) is 25.7 Å². The first-order valence-electron chi connectivity index (χ1n) is 8.38. The molecule has 24 heavy (non-hydrogen) atoms. The summed E-state index contributed by atoms with van der Waals surface area (Å²) in [5.41, 5.74) is 3.25. The molecule has 3 atom stereocenters. The molecule has 0 bridgehead atoms. The fraction of sp³-hybridized carbons (Fsp3) is 0.556. The van der Waals surface area contributed by atoms with Crippen molar-refractivity contribution in [3.05, 3.63) is 28.8 Å². The van der Waals surface area contributed by atoms with Crippen LogP contribution in [-0.4, -0.2) is 41.7 Å². The van der Waals surface area contributed by atoms with Crippen LogP contribution >= 0.6 is 0 Å². The van der Waals surface area contributed by atoms with Crippen LogP contribution in [0.3, 0.4) is 0 Å². The molecule has 2 N–H and O–H groups in total. The third-order valence-electron chi connectivity index (χ3n) is 5.07. The minimum Gasteiger partial charge on any atom is -0.490 e. The fourth-order valence-electron chi connectivity index (χ4n) is 3.59. The molecule has 130 valence electrons. The van der Waals surface area contributed by atoms with Gasteiger partial charge in [-0.25, -0.2) is 4.79 Å². The first-order chi connectivity index (χ1) is 11.4. The first-order valence-corrected chi connectivity index (χ1v) is 8.38. The molecule has 2 heterocycles. The molecule has 0 saturated carbocycles. The van der Waals surface area contributed by atoms with Gasteiger partial charge in [-0.1, -0.05) is 19.1 Å². The normalized spacial score (nSPS) is 25.8. The summed E-state index contributed by atoms with van der Waals surface area (Å²) in [6, 6.07) is 3.62. The molecule has 0 aromatic heterocycles. The van der Waals surface area contributed by atoms with E-state index in [1.54, 1.807) is 4.90 Å². The van der Waals surface area contributed by atoms with E-state index in [-0.39, 0.29) is 24.5 Å². The van der Waals surface area contributed by atoms with Crippen molar-refractivity contribution in [2.75, 3.05) is 19.7 Å². The number of amides is 2. The summed E-state index contributed by atoms with van der Waals surface area (Å²) in [6.07, 6.45) is 0.618. The quantitative estimate of drug-likeness (QED) is 0.872. The Hall–Kier alpha value is -2.24. The third-order valence-corrected chi connectivity index (χ3v) is 5.07. The highest BCUT2D eigenvalue weighted by molar-refractivity contribution is 5.77. The minimum absolute atomic E-state index is 0.183. The number of likely N-dealkylation sites (tertiary alicyclic amines) is 1. The van der Waals surface area contributed by atoms with Crippen LogP contribution in [0.4, 0.5) is 4.79 Å². The van der Waals surface area contributed by atoms with E-state index in [1.165, 1.54) is 0 Å². The molecule has 2 aliphatic heterocycles. The molecule has 1 aromatic carbocycles. The van der Waals surface area contributed by atoms with Gasteiger partial charge in [0.2, 0.25) is 0 Å². The second kappa shape index (κ2) is 6.34. The number of carbonyl (C=O) groups is 2. The van der Waals surface area contributed by atoms with Gasteiger partial charge in [0, 0.05) is 18.7 Å². The molecule has 1 saturated heterocycles. The van der Waals surface area contributed by atoms with Crippen LogP contribution in [0.2, 0.25) is 0 Å². The van der Waals surface area contributed by atoms with Crippen molar-refractivity contribution in [3.8, 4) is 5.75 Å². The molecular weight excluding hydrogens is 308 g/mol. The van der Waals surface area contributed by atoms with Crippen molar-refractivity contribution in [1.82, 2.24) is 10.2 Å². The van der Waals surface area contributed by atoms with E-state index in [4.69, 9.17) is 4.74 Å². The Bertz CT molecular complexity index is 673. The highest BCUT2D eigenvalue weighted by atomic mass is 16.5. The zero-order valence-electron chi connectivity index (χ0n) is 14.3. The number of piperidine rings is 1. The van der Waals surface area contributed by atoms with Crippen LogP contribution in [0.25, 0.3) is 0 Å². The Morgan fingerprint density at radius 2 is 2.04 bits per heavy atom. The van der Waals surface area contributed by atoms with Gasteiger partial charge in [-0.3, -0.25) is 4.79 Å². The number of benzene rings is 1. The minimum atomic E-state index is -0.833. The summed E-state index contributed by atoms with van der Waals surface area (Å²) in [4.78, 5) is 25.5. The summed E-state index contributed by atoms with van der Waals surface area (Å²) < 4.78 is 5.76. The van der Waals surface area contributed by atoms with E-state index in [0.717, 1.165) is 22.4 Å². The summed E-state index contributed by atoms with van der Waals surface area (Å²) in [6.45, 7) is 7.29. The highest BCUT2D eigenvalue weighted by Crippen LogP contribution is 2.36. The van der Waals surface area contributed by atoms with Gasteiger partial charge in [0.05, 0.1) is 12.0 Å². The van der Waals surface area contributed by atoms with Gasteiger partial charge in [0.15, 0.2) is 0 Å². The lowest BCUT2D eigenvalue weighted by Gasteiger charge is -2.35. The number of urea groups is 1. The number of nitrogens with zero attached hydrogens (tertiary/aromatic N) is 1. The van der Waals surface area contributed by atoms with Gasteiger partial charge in [-0.05, 0) is 37.3 Å². The molecule has 3 unspecified atom stereocenters. The van der Waals surface area contributed by atoms with Crippen molar-refractivity contribution in [1.29, 1.82) is 0 Å². The maximum atomic E-state index is 12.6. The van der Waals surface area contributed by atoms with Crippen molar-refractivity contribution in [3.63, 3.8) is 0 Å². The summed E-state index contributed by atoms with van der Waals surface area (Å²) in [7, 11) is 0. The standard InChI is InChI=1S/C18H24N2O4/c1-10-6-13(17(21)22)8-20(7-10)18(23)19-15-9-24-16-12(3)11(2)4-5-14(15)16/h4-5,10,13,15H,6-9H2,1-3H3,(H,19,23)(H,21,22). The fourth-order valence-corrected chi connectivity index (χ4v) is 3.59. The van der Waals surface area contributed by atoms with E-state index >= 15 is 0 Å². The maximum absolute atomic E-state index is 12.6. The number of aliphatic carboxylic acids is 1. The Balaban J connectivity index is 1.71. The second-order valence-electron chi connectivity index (χ2n) is 7.02. The van der Waals surface area contributed by atoms with Gasteiger partial charge in [-0.2, -0.15) is 0 Å². The SMILES string of the molecule is Cc1ccc2c(c1C)OCC2NC(=O)N1CC(C)CC(C(=O)O)C1. The van der Waals surface area contributed by atoms with Crippen molar-refractivity contribution in [2.45, 2.75) is 33.2 Å². The van der Waals surface area contributed by atoms with Crippen LogP contribution in [0.1, 0.15) is 36.1 Å². The number of carboxylic acid groups (broad SMARTS) is 1. The molecule has 2 amide bonds. The van der Waals surface area contributed by atoms with E-state index < -0.39 is 11.9 Å². The van der Waals surface area contributed by atoms with Gasteiger partial charge >= 0.3 is 12.0 Å². The predicted molar refractivity (Wildman–Crippen MR) is 89.2 cm³/mol. The Kier molecular flexibility index (Phi) is 4.39. The molecule has 3 rings (SSSR count). The van der Waals surface area contributed by atoms with Crippen molar-refractivity contribution >= 4 is 12.0 Å². The monoisotopic (exact) mass is 332 g/mol. The van der Waals surface area contributed by atoms with Crippen molar-refractivity contribution < 1.29 is 19.4 Å². The summed E-state index contributed by atoms with van der Waals surface area (Å²) >= 11 is 0. The Morgan fingerprint density at radius 3 is 2.75 bits per heavy atom. The zero-order valence-corrected chi connectivity index (χ0v) is 14.3. The zero-order chi connectivity index (χ0) is 17.4. The van der Waals surface area contributed by atoms with Crippen LogP contribution in [0.15, 0.2) is 12.1 Å². The number of rotatable bonds is 2. The molecule has 1 aromatic rings. The number of aryl methyl sites for hydroxylation is 1. The molecule has 6 nitrogen and oxygen atoms in total. The summed E-state index contributed by atoms with van der Waals surface area (Å²) in [5, 5.41) is 12.2. The molecule has 0 aliphatic carbocycles. The predicted octanol–water partition coefficient (Wildman–Crippen LogP) is 2.49. The molecular formula is C18H24N2O4. The van der Waals surface area contributed by atoms with E-state index in [2.05, 4.69) is 5.32 Å². The van der Waals surface area contributed by atoms with Gasteiger partial charge in [0.25, 0.3) is 0 Å². The lowest BCUT2D eigenvalue weighted by Crippen LogP contribution is -2.50. The number of fused-ring (bicyclic) bond motifs is 1. The van der Waals surface area contributed by atoms with Gasteiger partial charge < -0.3 is 20.1 Å². The van der Waals surface area contributed by atoms with E-state index in [0.29, 0.717) is 19.6 Å². The Morgan fingerprint density at radius 1 is 1.29 bits per heavy atom. The number of hydrogen-bond donors (Lipinski definition) is 2. The highest BCUT2D eigenvalue weighted by Gasteiger charge is 2.34. The number of ether oxygens (including phenoxy) is 1. The smallest absolute Gasteiger partial charge is 0.318 e. The van der Waals surface area contributed by atoms with E-state index in [1.807, 2.05) is 32.9 Å². The largest absolute Gasteiger partial charge is 0.490 e. The average Bonchev–Trinajstić information content (AvgIpc) is 2.94. The van der Waals surface area contributed by atoms with Crippen molar-refractivity contribution in [2.24, 2.45) is 11.8 Å². The number of carbonyl (C=O) groups excluding carboxylic acids is 1. The number of hydrogen-bond acceptors (Lipinski definition) is 3. The first kappa shape index (κ1) is 16.6. The molecule has 1 fully saturated rings. The lowest BCUT2D eigenvalue weighted by atomic mass is 9.91. The molecule has 6 heteroatoms. The summed E-state index contributed by atoms with van der Waals surface area (Å²) in [5.74, 6) is -0.283.